The number of methoxy groups -OCH3 is 1. The van der Waals surface area contributed by atoms with E-state index >= 15 is 0 Å². The number of carbonyl (C=O) groups excluding carboxylic acids is 1. The number of amides is 1. The summed E-state index contributed by atoms with van der Waals surface area (Å²) in [6.45, 7) is 1.72. The molecule has 2 aromatic heterocycles. The van der Waals surface area contributed by atoms with Crippen LogP contribution in [0.3, 0.4) is 0 Å². The molecule has 0 saturated heterocycles. The number of furan rings is 2. The minimum atomic E-state index is -0.451. The van der Waals surface area contributed by atoms with E-state index in [0.29, 0.717) is 33.6 Å². The highest BCUT2D eigenvalue weighted by molar-refractivity contribution is 6.10. The van der Waals surface area contributed by atoms with Crippen LogP contribution < -0.4 is 10.1 Å². The molecule has 0 atom stereocenters. The van der Waals surface area contributed by atoms with Crippen LogP contribution in [-0.4, -0.2) is 13.0 Å². The summed E-state index contributed by atoms with van der Waals surface area (Å²) < 4.78 is 30.6. The Kier molecular flexibility index (Phi) is 3.81. The van der Waals surface area contributed by atoms with E-state index in [-0.39, 0.29) is 11.6 Å². The Morgan fingerprint density at radius 3 is 2.55 bits per heavy atom. The molecule has 0 unspecified atom stereocenters. The number of nitrogens with one attached hydrogen (secondary N) is 1. The first kappa shape index (κ1) is 17.3. The molecule has 0 bridgehead atoms. The van der Waals surface area contributed by atoms with Crippen molar-refractivity contribution in [3.8, 4) is 5.75 Å². The predicted molar refractivity (Wildman–Crippen MR) is 109 cm³/mol. The molecular formula is C23H16FNO4. The van der Waals surface area contributed by atoms with Gasteiger partial charge < -0.3 is 18.9 Å². The SMILES string of the molecule is COc1cc2c(cc1NC(=O)c1oc3ccc(F)cc3c1C)oc1ccccc12. The highest BCUT2D eigenvalue weighted by Crippen LogP contribution is 2.37. The fraction of sp³-hybridized carbons (Fsp3) is 0.0870. The third-order valence-corrected chi connectivity index (χ3v) is 5.05. The Bertz CT molecular complexity index is 1410. The smallest absolute Gasteiger partial charge is 0.291 e. The molecule has 0 radical (unpaired) electrons. The van der Waals surface area contributed by atoms with Crippen LogP contribution in [0.5, 0.6) is 5.75 Å². The van der Waals surface area contributed by atoms with Crippen LogP contribution in [0, 0.1) is 12.7 Å². The van der Waals surface area contributed by atoms with E-state index in [9.17, 15) is 9.18 Å². The van der Waals surface area contributed by atoms with Gasteiger partial charge in [0, 0.05) is 27.8 Å². The van der Waals surface area contributed by atoms with Gasteiger partial charge in [-0.3, -0.25) is 4.79 Å². The van der Waals surface area contributed by atoms with E-state index in [1.807, 2.05) is 30.3 Å². The highest BCUT2D eigenvalue weighted by atomic mass is 19.1. The molecule has 0 fully saturated rings. The summed E-state index contributed by atoms with van der Waals surface area (Å²) >= 11 is 0. The summed E-state index contributed by atoms with van der Waals surface area (Å²) in [5, 5.41) is 5.24. The highest BCUT2D eigenvalue weighted by Gasteiger charge is 2.20. The third-order valence-electron chi connectivity index (χ3n) is 5.05. The van der Waals surface area contributed by atoms with E-state index in [4.69, 9.17) is 13.6 Å². The predicted octanol–water partition coefficient (Wildman–Crippen LogP) is 6.04. The zero-order chi connectivity index (χ0) is 20.1. The standard InChI is InChI=1S/C23H16FNO4/c1-12-15-9-13(24)7-8-19(15)29-22(12)23(26)25-17-11-20-16(10-21(17)27-2)14-5-3-4-6-18(14)28-20/h3-11H,1-2H3,(H,25,26). The fourth-order valence-corrected chi connectivity index (χ4v) is 3.61. The molecule has 144 valence electrons. The Balaban J connectivity index is 1.58. The monoisotopic (exact) mass is 389 g/mol. The van der Waals surface area contributed by atoms with Gasteiger partial charge in [-0.15, -0.1) is 0 Å². The number of para-hydroxylation sites is 1. The Morgan fingerprint density at radius 1 is 0.931 bits per heavy atom. The number of hydrogen-bond acceptors (Lipinski definition) is 4. The van der Waals surface area contributed by atoms with Gasteiger partial charge in [-0.1, -0.05) is 18.2 Å². The molecule has 6 heteroatoms. The van der Waals surface area contributed by atoms with Crippen molar-refractivity contribution in [2.45, 2.75) is 6.92 Å². The van der Waals surface area contributed by atoms with Crippen LogP contribution in [0.4, 0.5) is 10.1 Å². The van der Waals surface area contributed by atoms with Crippen molar-refractivity contribution in [3.63, 3.8) is 0 Å². The van der Waals surface area contributed by atoms with Crippen LogP contribution in [-0.2, 0) is 0 Å². The molecule has 0 aliphatic heterocycles. The second-order valence-electron chi connectivity index (χ2n) is 6.80. The van der Waals surface area contributed by atoms with Gasteiger partial charge in [0.2, 0.25) is 0 Å². The lowest BCUT2D eigenvalue weighted by Gasteiger charge is -2.09. The van der Waals surface area contributed by atoms with Gasteiger partial charge in [0.05, 0.1) is 12.8 Å². The Morgan fingerprint density at radius 2 is 1.72 bits per heavy atom. The van der Waals surface area contributed by atoms with Crippen LogP contribution in [0.2, 0.25) is 0 Å². The summed E-state index contributed by atoms with van der Waals surface area (Å²) in [5.41, 5.74) is 2.86. The molecular weight excluding hydrogens is 373 g/mol. The third kappa shape index (κ3) is 2.72. The van der Waals surface area contributed by atoms with Gasteiger partial charge >= 0.3 is 0 Å². The lowest BCUT2D eigenvalue weighted by Crippen LogP contribution is -2.12. The van der Waals surface area contributed by atoms with Crippen molar-refractivity contribution < 1.29 is 22.8 Å². The van der Waals surface area contributed by atoms with Crippen molar-refractivity contribution >= 4 is 44.5 Å². The van der Waals surface area contributed by atoms with Crippen molar-refractivity contribution in [3.05, 3.63) is 71.7 Å². The van der Waals surface area contributed by atoms with Crippen molar-refractivity contribution in [1.29, 1.82) is 0 Å². The van der Waals surface area contributed by atoms with Gasteiger partial charge in [-0.05, 0) is 37.3 Å². The molecule has 5 nitrogen and oxygen atoms in total. The van der Waals surface area contributed by atoms with E-state index in [1.54, 1.807) is 13.0 Å². The summed E-state index contributed by atoms with van der Waals surface area (Å²) in [6, 6.07) is 15.4. The molecule has 0 saturated carbocycles. The fourth-order valence-electron chi connectivity index (χ4n) is 3.61. The molecule has 0 spiro atoms. The number of fused-ring (bicyclic) bond motifs is 4. The second-order valence-corrected chi connectivity index (χ2v) is 6.80. The summed E-state index contributed by atoms with van der Waals surface area (Å²) in [6.07, 6.45) is 0. The lowest BCUT2D eigenvalue weighted by atomic mass is 10.1. The number of hydrogen-bond donors (Lipinski definition) is 1. The van der Waals surface area contributed by atoms with Gasteiger partial charge in [-0.25, -0.2) is 4.39 Å². The number of halogens is 1. The first-order valence-corrected chi connectivity index (χ1v) is 9.04. The Labute approximate surface area is 164 Å². The van der Waals surface area contributed by atoms with E-state index in [1.165, 1.54) is 25.3 Å². The van der Waals surface area contributed by atoms with Gasteiger partial charge in [0.15, 0.2) is 5.76 Å². The lowest BCUT2D eigenvalue weighted by molar-refractivity contribution is 0.0997. The van der Waals surface area contributed by atoms with E-state index in [2.05, 4.69) is 5.32 Å². The number of carbonyl (C=O) groups is 1. The quantitative estimate of drug-likeness (QED) is 0.408. The molecule has 1 N–H and O–H groups in total. The zero-order valence-electron chi connectivity index (χ0n) is 15.7. The van der Waals surface area contributed by atoms with Gasteiger partial charge in [0.1, 0.15) is 28.3 Å². The topological polar surface area (TPSA) is 64.6 Å². The molecule has 0 aliphatic rings. The number of rotatable bonds is 3. The van der Waals surface area contributed by atoms with E-state index < -0.39 is 5.91 Å². The number of aryl methyl sites for hydroxylation is 1. The van der Waals surface area contributed by atoms with Crippen LogP contribution in [0.25, 0.3) is 32.9 Å². The maximum Gasteiger partial charge on any atom is 0.291 e. The van der Waals surface area contributed by atoms with Crippen molar-refractivity contribution in [2.75, 3.05) is 12.4 Å². The van der Waals surface area contributed by atoms with Crippen LogP contribution >= 0.6 is 0 Å². The number of anilines is 1. The van der Waals surface area contributed by atoms with Crippen molar-refractivity contribution in [1.82, 2.24) is 0 Å². The van der Waals surface area contributed by atoms with Gasteiger partial charge in [0.25, 0.3) is 5.91 Å². The normalized spacial score (nSPS) is 11.4. The van der Waals surface area contributed by atoms with Crippen LogP contribution in [0.15, 0.2) is 63.4 Å². The van der Waals surface area contributed by atoms with Crippen molar-refractivity contribution in [2.24, 2.45) is 0 Å². The molecule has 5 aromatic rings. The largest absolute Gasteiger partial charge is 0.495 e. The first-order chi connectivity index (χ1) is 14.0. The maximum absolute atomic E-state index is 13.5. The minimum absolute atomic E-state index is 0.123. The summed E-state index contributed by atoms with van der Waals surface area (Å²) in [5.74, 6) is -0.215. The Hall–Kier alpha value is -3.80. The van der Waals surface area contributed by atoms with Crippen LogP contribution in [0.1, 0.15) is 16.1 Å². The average molecular weight is 389 g/mol. The molecule has 0 aliphatic carbocycles. The summed E-state index contributed by atoms with van der Waals surface area (Å²) in [4.78, 5) is 12.9. The second kappa shape index (κ2) is 6.38. The first-order valence-electron chi connectivity index (χ1n) is 9.04. The average Bonchev–Trinajstić information content (AvgIpc) is 3.24. The minimum Gasteiger partial charge on any atom is -0.495 e. The molecule has 29 heavy (non-hydrogen) atoms. The summed E-state index contributed by atoms with van der Waals surface area (Å²) in [7, 11) is 1.54. The van der Waals surface area contributed by atoms with E-state index in [0.717, 1.165) is 16.4 Å². The molecule has 2 heterocycles. The molecule has 1 amide bonds. The maximum atomic E-state index is 13.5. The number of ether oxygens (including phenoxy) is 1. The molecule has 5 rings (SSSR count). The number of benzene rings is 3. The molecule has 3 aromatic carbocycles. The zero-order valence-corrected chi connectivity index (χ0v) is 15.7. The van der Waals surface area contributed by atoms with Gasteiger partial charge in [-0.2, -0.15) is 0 Å².